The lowest BCUT2D eigenvalue weighted by molar-refractivity contribution is 0.0827. The smallest absolute Gasteiger partial charge is 0.253 e. The molecule has 110 valence electrons. The fourth-order valence-corrected chi connectivity index (χ4v) is 2.78. The molecule has 1 atom stereocenters. The molecule has 4 heteroatoms. The summed E-state index contributed by atoms with van der Waals surface area (Å²) in [7, 11) is 3.50. The number of carbonyl (C=O) groups is 1. The zero-order chi connectivity index (χ0) is 14.9. The second-order valence-corrected chi connectivity index (χ2v) is 6.21. The van der Waals surface area contributed by atoms with Crippen molar-refractivity contribution in [2.45, 2.75) is 20.3 Å². The van der Waals surface area contributed by atoms with Crippen molar-refractivity contribution in [2.24, 2.45) is 11.8 Å². The van der Waals surface area contributed by atoms with Crippen LogP contribution >= 0.6 is 0 Å². The average Bonchev–Trinajstić information content (AvgIpc) is 2.87. The van der Waals surface area contributed by atoms with Crippen LogP contribution < -0.4 is 10.6 Å². The van der Waals surface area contributed by atoms with E-state index in [1.165, 1.54) is 6.42 Å². The number of rotatable bonds is 3. The molecule has 2 N–H and O–H groups in total. The molecular formula is C16H25N3O. The molecule has 0 aromatic heterocycles. The Kier molecular flexibility index (Phi) is 4.21. The van der Waals surface area contributed by atoms with Crippen LogP contribution in [-0.2, 0) is 0 Å². The quantitative estimate of drug-likeness (QED) is 0.862. The van der Waals surface area contributed by atoms with Gasteiger partial charge < -0.3 is 15.5 Å². The topological polar surface area (TPSA) is 49.6 Å². The van der Waals surface area contributed by atoms with E-state index < -0.39 is 0 Å². The van der Waals surface area contributed by atoms with E-state index in [0.29, 0.717) is 17.2 Å². The molecule has 0 aliphatic carbocycles. The first kappa shape index (κ1) is 14.7. The number of nitrogens with two attached hydrogens (primary N) is 1. The van der Waals surface area contributed by atoms with Crippen molar-refractivity contribution >= 4 is 17.3 Å². The Morgan fingerprint density at radius 2 is 2.10 bits per heavy atom. The van der Waals surface area contributed by atoms with Crippen LogP contribution in [0.5, 0.6) is 0 Å². The lowest BCUT2D eigenvalue weighted by Crippen LogP contribution is -2.24. The summed E-state index contributed by atoms with van der Waals surface area (Å²) in [6.07, 6.45) is 1.22. The third kappa shape index (κ3) is 2.89. The third-order valence-corrected chi connectivity index (χ3v) is 4.19. The van der Waals surface area contributed by atoms with E-state index in [-0.39, 0.29) is 5.91 Å². The molecule has 1 aromatic carbocycles. The van der Waals surface area contributed by atoms with Gasteiger partial charge in [0.05, 0.1) is 11.4 Å². The molecule has 1 heterocycles. The molecule has 1 unspecified atom stereocenters. The van der Waals surface area contributed by atoms with Crippen LogP contribution in [0.25, 0.3) is 0 Å². The van der Waals surface area contributed by atoms with Gasteiger partial charge in [0.2, 0.25) is 0 Å². The van der Waals surface area contributed by atoms with Crippen LogP contribution in [0, 0.1) is 11.8 Å². The van der Waals surface area contributed by atoms with Crippen molar-refractivity contribution < 1.29 is 4.79 Å². The molecule has 1 aliphatic heterocycles. The first-order valence-electron chi connectivity index (χ1n) is 7.26. The summed E-state index contributed by atoms with van der Waals surface area (Å²) in [6.45, 7) is 6.66. The SMILES string of the molecule is CC(C)C1CCN(c2ccc(C(=O)N(C)C)cc2N)C1. The van der Waals surface area contributed by atoms with Crippen molar-refractivity contribution in [1.82, 2.24) is 4.90 Å². The second-order valence-electron chi connectivity index (χ2n) is 6.21. The van der Waals surface area contributed by atoms with Crippen molar-refractivity contribution in [3.63, 3.8) is 0 Å². The molecular weight excluding hydrogens is 250 g/mol. The molecule has 1 amide bonds. The Labute approximate surface area is 121 Å². The average molecular weight is 275 g/mol. The number of amides is 1. The summed E-state index contributed by atoms with van der Waals surface area (Å²) in [4.78, 5) is 15.8. The van der Waals surface area contributed by atoms with Gasteiger partial charge in [0.25, 0.3) is 5.91 Å². The molecule has 2 rings (SSSR count). The Bertz CT molecular complexity index is 496. The number of nitrogen functional groups attached to an aromatic ring is 1. The standard InChI is InChI=1S/C16H25N3O/c1-11(2)13-7-8-19(10-13)15-6-5-12(9-14(15)17)16(20)18(3)4/h5-6,9,11,13H,7-8,10,17H2,1-4H3. The highest BCUT2D eigenvalue weighted by molar-refractivity contribution is 5.95. The van der Waals surface area contributed by atoms with Crippen molar-refractivity contribution in [3.8, 4) is 0 Å². The predicted molar refractivity (Wildman–Crippen MR) is 84.0 cm³/mol. The molecule has 0 radical (unpaired) electrons. The van der Waals surface area contributed by atoms with E-state index in [1.807, 2.05) is 12.1 Å². The number of benzene rings is 1. The summed E-state index contributed by atoms with van der Waals surface area (Å²) in [5.74, 6) is 1.43. The van der Waals surface area contributed by atoms with Crippen molar-refractivity contribution in [2.75, 3.05) is 37.8 Å². The van der Waals surface area contributed by atoms with E-state index in [2.05, 4.69) is 18.7 Å². The normalized spacial score (nSPS) is 18.6. The summed E-state index contributed by atoms with van der Waals surface area (Å²) in [5.41, 5.74) is 8.55. The minimum Gasteiger partial charge on any atom is -0.397 e. The molecule has 1 fully saturated rings. The van der Waals surface area contributed by atoms with E-state index in [1.54, 1.807) is 25.1 Å². The largest absolute Gasteiger partial charge is 0.397 e. The van der Waals surface area contributed by atoms with Gasteiger partial charge in [0, 0.05) is 32.7 Å². The molecule has 1 aromatic rings. The number of hydrogen-bond acceptors (Lipinski definition) is 3. The molecule has 1 saturated heterocycles. The van der Waals surface area contributed by atoms with E-state index in [4.69, 9.17) is 5.73 Å². The number of nitrogens with zero attached hydrogens (tertiary/aromatic N) is 2. The van der Waals surface area contributed by atoms with Crippen LogP contribution in [0.4, 0.5) is 11.4 Å². The monoisotopic (exact) mass is 275 g/mol. The fourth-order valence-electron chi connectivity index (χ4n) is 2.78. The summed E-state index contributed by atoms with van der Waals surface area (Å²) >= 11 is 0. The zero-order valence-corrected chi connectivity index (χ0v) is 12.9. The Hall–Kier alpha value is -1.71. The van der Waals surface area contributed by atoms with E-state index in [9.17, 15) is 4.79 Å². The van der Waals surface area contributed by atoms with Gasteiger partial charge in [0.15, 0.2) is 0 Å². The van der Waals surface area contributed by atoms with E-state index >= 15 is 0 Å². The molecule has 20 heavy (non-hydrogen) atoms. The second kappa shape index (κ2) is 5.73. The molecule has 4 nitrogen and oxygen atoms in total. The maximum atomic E-state index is 11.9. The van der Waals surface area contributed by atoms with Gasteiger partial charge in [-0.2, -0.15) is 0 Å². The van der Waals surface area contributed by atoms with Gasteiger partial charge in [0.1, 0.15) is 0 Å². The lowest BCUT2D eigenvalue weighted by atomic mass is 9.95. The molecule has 0 spiro atoms. The Morgan fingerprint density at radius 3 is 2.60 bits per heavy atom. The number of hydrogen-bond donors (Lipinski definition) is 1. The Balaban J connectivity index is 2.17. The number of anilines is 2. The van der Waals surface area contributed by atoms with Crippen LogP contribution in [0.15, 0.2) is 18.2 Å². The molecule has 1 aliphatic rings. The summed E-state index contributed by atoms with van der Waals surface area (Å²) < 4.78 is 0. The van der Waals surface area contributed by atoms with Crippen LogP contribution in [0.2, 0.25) is 0 Å². The highest BCUT2D eigenvalue weighted by Gasteiger charge is 2.26. The maximum absolute atomic E-state index is 11.9. The predicted octanol–water partition coefficient (Wildman–Crippen LogP) is 2.45. The van der Waals surface area contributed by atoms with Crippen molar-refractivity contribution in [3.05, 3.63) is 23.8 Å². The highest BCUT2D eigenvalue weighted by atomic mass is 16.2. The van der Waals surface area contributed by atoms with Crippen LogP contribution in [0.3, 0.4) is 0 Å². The van der Waals surface area contributed by atoms with Crippen LogP contribution in [0.1, 0.15) is 30.6 Å². The van der Waals surface area contributed by atoms with Crippen molar-refractivity contribution in [1.29, 1.82) is 0 Å². The van der Waals surface area contributed by atoms with Gasteiger partial charge in [-0.3, -0.25) is 4.79 Å². The zero-order valence-electron chi connectivity index (χ0n) is 12.9. The maximum Gasteiger partial charge on any atom is 0.253 e. The summed E-state index contributed by atoms with van der Waals surface area (Å²) in [6, 6.07) is 5.64. The van der Waals surface area contributed by atoms with Gasteiger partial charge in [-0.25, -0.2) is 0 Å². The molecule has 0 bridgehead atoms. The minimum absolute atomic E-state index is 0.00951. The molecule has 0 saturated carbocycles. The summed E-state index contributed by atoms with van der Waals surface area (Å²) in [5, 5.41) is 0. The third-order valence-electron chi connectivity index (χ3n) is 4.19. The first-order chi connectivity index (χ1) is 9.40. The lowest BCUT2D eigenvalue weighted by Gasteiger charge is -2.22. The van der Waals surface area contributed by atoms with Gasteiger partial charge in [-0.05, 0) is 36.5 Å². The van der Waals surface area contributed by atoms with Gasteiger partial charge in [-0.1, -0.05) is 13.8 Å². The first-order valence-corrected chi connectivity index (χ1v) is 7.26. The number of carbonyl (C=O) groups excluding carboxylic acids is 1. The van der Waals surface area contributed by atoms with Gasteiger partial charge in [-0.15, -0.1) is 0 Å². The highest BCUT2D eigenvalue weighted by Crippen LogP contribution is 2.32. The Morgan fingerprint density at radius 1 is 1.40 bits per heavy atom. The van der Waals surface area contributed by atoms with E-state index in [0.717, 1.165) is 24.7 Å². The van der Waals surface area contributed by atoms with Crippen LogP contribution in [-0.4, -0.2) is 38.0 Å². The van der Waals surface area contributed by atoms with Gasteiger partial charge >= 0.3 is 0 Å². The minimum atomic E-state index is -0.00951. The fraction of sp³-hybridized carbons (Fsp3) is 0.562.